The highest BCUT2D eigenvalue weighted by Gasteiger charge is 2.43. The number of fused-ring (bicyclic) bond motifs is 2. The summed E-state index contributed by atoms with van der Waals surface area (Å²) >= 11 is 0. The molecule has 3 aromatic rings. The zero-order chi connectivity index (χ0) is 29.1. The van der Waals surface area contributed by atoms with Crippen molar-refractivity contribution in [3.63, 3.8) is 0 Å². The van der Waals surface area contributed by atoms with Crippen LogP contribution < -0.4 is 11.5 Å². The van der Waals surface area contributed by atoms with E-state index in [1.54, 1.807) is 6.92 Å². The number of aliphatic hydroxyl groups is 1. The highest BCUT2D eigenvalue weighted by atomic mass is 16.3. The summed E-state index contributed by atoms with van der Waals surface area (Å²) in [4.78, 5) is 14.0. The van der Waals surface area contributed by atoms with Crippen LogP contribution in [-0.4, -0.2) is 25.8 Å². The number of anilines is 1. The molecule has 0 bridgehead atoms. The number of aromatic nitrogens is 3. The van der Waals surface area contributed by atoms with Gasteiger partial charge in [0.05, 0.1) is 23.2 Å². The Morgan fingerprint density at radius 2 is 1.90 bits per heavy atom. The van der Waals surface area contributed by atoms with Crippen molar-refractivity contribution < 1.29 is 5.11 Å². The molecule has 2 aromatic heterocycles. The summed E-state index contributed by atoms with van der Waals surface area (Å²) in [6.45, 7) is 8.24. The molecule has 41 heavy (non-hydrogen) atoms. The fraction of sp³-hybridized carbons (Fsp3) is 0.412. The summed E-state index contributed by atoms with van der Waals surface area (Å²) in [6, 6.07) is 12.4. The minimum Gasteiger partial charge on any atom is -0.387 e. The quantitative estimate of drug-likeness (QED) is 0.224. The minimum absolute atomic E-state index is 0.0286. The van der Waals surface area contributed by atoms with Crippen molar-refractivity contribution in [3.8, 4) is 0 Å². The number of aryl methyl sites for hydroxylation is 1. The molecule has 0 saturated carbocycles. The predicted octanol–water partition coefficient (Wildman–Crippen LogP) is 6.52. The molecule has 2 aliphatic rings. The van der Waals surface area contributed by atoms with Crippen molar-refractivity contribution in [1.29, 1.82) is 5.41 Å². The summed E-state index contributed by atoms with van der Waals surface area (Å²) in [6.07, 6.45) is 11.1. The molecule has 5 rings (SSSR count). The number of nitrogens with two attached hydrogens (primary N) is 2. The number of allylic oxidation sites excluding steroid dienone is 2. The Kier molecular flexibility index (Phi) is 8.47. The number of aliphatic hydroxyl groups excluding tert-OH is 1. The van der Waals surface area contributed by atoms with Crippen molar-refractivity contribution in [2.24, 2.45) is 11.1 Å². The standard InChI is InChI=1S/C34H42N6O/c1-4-16-34(20-25-11-5-7-13-26(25)32(34)36)17-15-21(2)29-30(22(3)41)39-31(33(37)40-29)28(35)24-10-6-8-14-27-23(19-24)12-9-18-38-27/h5,7,9,11-13,18-19,22,32,35,41H,2,4,6,8,10,14-17,20,36H2,1,3H3,(H2,37,40)/t22-,32+,34?/m0/s1. The van der Waals surface area contributed by atoms with E-state index in [-0.39, 0.29) is 23.0 Å². The average Bonchev–Trinajstić information content (AvgIpc) is 3.23. The number of pyridine rings is 1. The molecule has 214 valence electrons. The van der Waals surface area contributed by atoms with Gasteiger partial charge in [-0.1, -0.05) is 50.3 Å². The number of nitrogens with zero attached hydrogens (tertiary/aromatic N) is 3. The lowest BCUT2D eigenvalue weighted by Gasteiger charge is -2.34. The molecule has 0 spiro atoms. The van der Waals surface area contributed by atoms with Gasteiger partial charge in [-0.2, -0.15) is 0 Å². The molecule has 1 unspecified atom stereocenters. The topological polar surface area (TPSA) is 135 Å². The van der Waals surface area contributed by atoms with Crippen LogP contribution in [0.15, 0.2) is 54.7 Å². The van der Waals surface area contributed by atoms with Crippen LogP contribution in [0.3, 0.4) is 0 Å². The third kappa shape index (κ3) is 5.74. The number of nitrogens with one attached hydrogen (secondary N) is 1. The van der Waals surface area contributed by atoms with Gasteiger partial charge in [-0.05, 0) is 104 Å². The van der Waals surface area contributed by atoms with E-state index in [0.717, 1.165) is 73.8 Å². The number of hydrogen-bond acceptors (Lipinski definition) is 7. The molecule has 1 aromatic carbocycles. The van der Waals surface area contributed by atoms with Crippen molar-refractivity contribution in [2.45, 2.75) is 83.8 Å². The molecule has 0 amide bonds. The first-order valence-electron chi connectivity index (χ1n) is 14.8. The van der Waals surface area contributed by atoms with Crippen molar-refractivity contribution in [1.82, 2.24) is 15.0 Å². The highest BCUT2D eigenvalue weighted by Crippen LogP contribution is 2.51. The van der Waals surface area contributed by atoms with Gasteiger partial charge in [-0.15, -0.1) is 0 Å². The molecule has 0 saturated heterocycles. The van der Waals surface area contributed by atoms with Gasteiger partial charge in [0.1, 0.15) is 5.69 Å². The number of hydrogen-bond donors (Lipinski definition) is 4. The Labute approximate surface area is 243 Å². The van der Waals surface area contributed by atoms with Crippen molar-refractivity contribution in [2.75, 3.05) is 5.73 Å². The van der Waals surface area contributed by atoms with E-state index in [0.29, 0.717) is 23.5 Å². The van der Waals surface area contributed by atoms with Gasteiger partial charge >= 0.3 is 0 Å². The highest BCUT2D eigenvalue weighted by molar-refractivity contribution is 6.14. The van der Waals surface area contributed by atoms with E-state index in [2.05, 4.69) is 42.8 Å². The molecule has 7 heteroatoms. The molecule has 7 nitrogen and oxygen atoms in total. The van der Waals surface area contributed by atoms with Crippen LogP contribution in [-0.2, 0) is 12.8 Å². The smallest absolute Gasteiger partial charge is 0.152 e. The normalized spacial score (nSPS) is 20.8. The van der Waals surface area contributed by atoms with Crippen molar-refractivity contribution >= 4 is 23.2 Å². The molecule has 2 aliphatic carbocycles. The van der Waals surface area contributed by atoms with Crippen LogP contribution in [0.25, 0.3) is 11.6 Å². The Balaban J connectivity index is 1.42. The number of rotatable bonds is 9. The van der Waals surface area contributed by atoms with Crippen molar-refractivity contribution in [3.05, 3.63) is 94.2 Å². The molecule has 0 fully saturated rings. The Bertz CT molecular complexity index is 1490. The lowest BCUT2D eigenvalue weighted by molar-refractivity contribution is 0.193. The maximum absolute atomic E-state index is 10.8. The number of benzene rings is 1. The lowest BCUT2D eigenvalue weighted by atomic mass is 9.73. The van der Waals surface area contributed by atoms with Gasteiger partial charge in [0.2, 0.25) is 0 Å². The van der Waals surface area contributed by atoms with Crippen LogP contribution in [0, 0.1) is 10.8 Å². The first kappa shape index (κ1) is 28.8. The van der Waals surface area contributed by atoms with Gasteiger partial charge < -0.3 is 16.6 Å². The second-order valence-electron chi connectivity index (χ2n) is 11.7. The van der Waals surface area contributed by atoms with E-state index >= 15 is 0 Å². The first-order valence-corrected chi connectivity index (χ1v) is 14.8. The zero-order valence-corrected chi connectivity index (χ0v) is 24.3. The fourth-order valence-electron chi connectivity index (χ4n) is 6.65. The fourth-order valence-corrected chi connectivity index (χ4v) is 6.65. The van der Waals surface area contributed by atoms with Gasteiger partial charge in [0.15, 0.2) is 5.82 Å². The van der Waals surface area contributed by atoms with Crippen LogP contribution in [0.5, 0.6) is 0 Å². The summed E-state index contributed by atoms with van der Waals surface area (Å²) in [7, 11) is 0. The van der Waals surface area contributed by atoms with E-state index in [1.807, 2.05) is 24.4 Å². The Morgan fingerprint density at radius 3 is 2.66 bits per heavy atom. The van der Waals surface area contributed by atoms with Crippen LogP contribution in [0.4, 0.5) is 5.82 Å². The average molecular weight is 551 g/mol. The van der Waals surface area contributed by atoms with Crippen LogP contribution >= 0.6 is 0 Å². The van der Waals surface area contributed by atoms with E-state index in [1.165, 1.54) is 11.1 Å². The largest absolute Gasteiger partial charge is 0.387 e. The molecule has 2 heterocycles. The van der Waals surface area contributed by atoms with Crippen LogP contribution in [0.2, 0.25) is 0 Å². The summed E-state index contributed by atoms with van der Waals surface area (Å²) in [5.74, 6) is 0.179. The van der Waals surface area contributed by atoms with E-state index in [9.17, 15) is 5.11 Å². The summed E-state index contributed by atoms with van der Waals surface area (Å²) in [5, 5.41) is 19.8. The third-order valence-electron chi connectivity index (χ3n) is 8.87. The molecular formula is C34H42N6O. The maximum atomic E-state index is 10.8. The van der Waals surface area contributed by atoms with Gasteiger partial charge in [0, 0.05) is 17.9 Å². The maximum Gasteiger partial charge on any atom is 0.152 e. The third-order valence-corrected chi connectivity index (χ3v) is 8.87. The predicted molar refractivity (Wildman–Crippen MR) is 166 cm³/mol. The first-order chi connectivity index (χ1) is 19.7. The monoisotopic (exact) mass is 550 g/mol. The number of nitrogen functional groups attached to an aromatic ring is 1. The SMILES string of the molecule is C=C(CCC1(CCC)Cc2ccccc2[C@H]1N)c1nc(N)c(C(=N)C2=Cc3cccnc3CCCC2)nc1[C@H](C)O. The minimum atomic E-state index is -0.889. The lowest BCUT2D eigenvalue weighted by Crippen LogP contribution is -2.31. The molecule has 6 N–H and O–H groups in total. The van der Waals surface area contributed by atoms with E-state index < -0.39 is 6.10 Å². The van der Waals surface area contributed by atoms with Gasteiger partial charge in [0.25, 0.3) is 0 Å². The summed E-state index contributed by atoms with van der Waals surface area (Å²) < 4.78 is 0. The second-order valence-corrected chi connectivity index (χ2v) is 11.7. The molecule has 0 aliphatic heterocycles. The summed E-state index contributed by atoms with van der Waals surface area (Å²) in [5.41, 5.74) is 21.0. The zero-order valence-electron chi connectivity index (χ0n) is 24.3. The van der Waals surface area contributed by atoms with Gasteiger partial charge in [-0.3, -0.25) is 10.4 Å². The second kappa shape index (κ2) is 12.0. The Hall–Kier alpha value is -3.68. The Morgan fingerprint density at radius 1 is 1.12 bits per heavy atom. The molecule has 3 atom stereocenters. The molecule has 0 radical (unpaired) electrons. The van der Waals surface area contributed by atoms with E-state index in [4.69, 9.17) is 26.8 Å². The van der Waals surface area contributed by atoms with Crippen LogP contribution in [0.1, 0.15) is 110 Å². The van der Waals surface area contributed by atoms with Gasteiger partial charge in [-0.25, -0.2) is 9.97 Å². The molecular weight excluding hydrogens is 508 g/mol.